The summed E-state index contributed by atoms with van der Waals surface area (Å²) in [6.45, 7) is 2.80. The molecule has 1 aromatic heterocycles. The Bertz CT molecular complexity index is 917. The van der Waals surface area contributed by atoms with Crippen molar-refractivity contribution in [3.63, 3.8) is 0 Å². The number of nitrogen functional groups attached to an aromatic ring is 1. The predicted molar refractivity (Wildman–Crippen MR) is 109 cm³/mol. The van der Waals surface area contributed by atoms with Crippen LogP contribution in [0.3, 0.4) is 0 Å². The number of ether oxygens (including phenoxy) is 1. The summed E-state index contributed by atoms with van der Waals surface area (Å²) in [5.74, 6) is -1.03. The van der Waals surface area contributed by atoms with Crippen LogP contribution < -0.4 is 16.5 Å². The van der Waals surface area contributed by atoms with Crippen molar-refractivity contribution in [3.8, 4) is 0 Å². The number of urea groups is 1. The Morgan fingerprint density at radius 2 is 1.69 bits per heavy atom. The van der Waals surface area contributed by atoms with E-state index in [-0.39, 0.29) is 22.9 Å². The van der Waals surface area contributed by atoms with Gasteiger partial charge in [0.05, 0.1) is 23.9 Å². The number of aromatic nitrogens is 1. The molecule has 1 aromatic carbocycles. The van der Waals surface area contributed by atoms with Crippen LogP contribution in [0, 0.1) is 6.92 Å². The van der Waals surface area contributed by atoms with Crippen LogP contribution in [-0.2, 0) is 4.74 Å². The highest BCUT2D eigenvalue weighted by molar-refractivity contribution is 6.10. The van der Waals surface area contributed by atoms with Gasteiger partial charge in [-0.3, -0.25) is 4.79 Å². The van der Waals surface area contributed by atoms with Gasteiger partial charge in [0.1, 0.15) is 5.82 Å². The van der Waals surface area contributed by atoms with Crippen molar-refractivity contribution >= 4 is 29.4 Å². The second kappa shape index (κ2) is 8.68. The van der Waals surface area contributed by atoms with Crippen molar-refractivity contribution in [3.05, 3.63) is 47.2 Å². The summed E-state index contributed by atoms with van der Waals surface area (Å²) in [6.07, 6.45) is 2.86. The lowest BCUT2D eigenvalue weighted by molar-refractivity contribution is 0.0587. The molecule has 2 heterocycles. The Kier molecular flexibility index (Phi) is 6.06. The number of benzene rings is 1. The second-order valence-corrected chi connectivity index (χ2v) is 6.83. The summed E-state index contributed by atoms with van der Waals surface area (Å²) in [5.41, 5.74) is 9.81. The zero-order chi connectivity index (χ0) is 21.0. The molecule has 9 heteroatoms. The van der Waals surface area contributed by atoms with Gasteiger partial charge in [0.25, 0.3) is 5.91 Å². The molecule has 3 amide bonds. The number of methoxy groups -OCH3 is 1. The number of likely N-dealkylation sites (tertiary alicyclic amines) is 1. The largest absolute Gasteiger partial charge is 0.465 e. The van der Waals surface area contributed by atoms with Crippen LogP contribution in [0.5, 0.6) is 0 Å². The first-order valence-electron chi connectivity index (χ1n) is 9.45. The average molecular weight is 399 g/mol. The van der Waals surface area contributed by atoms with Crippen molar-refractivity contribution in [2.24, 2.45) is 0 Å². The number of esters is 1. The van der Waals surface area contributed by atoms with Gasteiger partial charge < -0.3 is 20.7 Å². The van der Waals surface area contributed by atoms with E-state index in [0.717, 1.165) is 19.3 Å². The van der Waals surface area contributed by atoms with E-state index in [0.29, 0.717) is 24.5 Å². The fraction of sp³-hybridized carbons (Fsp3) is 0.350. The molecule has 1 aliphatic heterocycles. The van der Waals surface area contributed by atoms with Crippen LogP contribution in [0.1, 0.15) is 45.7 Å². The van der Waals surface area contributed by atoms with Crippen molar-refractivity contribution in [1.29, 1.82) is 0 Å². The number of carbonyl (C=O) groups is 3. The number of nitrogens with zero attached hydrogens (tertiary/aromatic N) is 2. The number of hydrogen-bond acceptors (Lipinski definition) is 5. The smallest absolute Gasteiger partial charge is 0.340 e. The van der Waals surface area contributed by atoms with Crippen LogP contribution in [0.2, 0.25) is 0 Å². The molecule has 0 unspecified atom stereocenters. The Hall–Kier alpha value is -3.49. The number of nitrogens with two attached hydrogens (primary N) is 1. The molecule has 0 saturated carbocycles. The molecule has 9 nitrogen and oxygen atoms in total. The lowest BCUT2D eigenvalue weighted by Gasteiger charge is -2.27. The molecule has 1 saturated heterocycles. The maximum atomic E-state index is 13.1. The summed E-state index contributed by atoms with van der Waals surface area (Å²) >= 11 is 0. The predicted octanol–water partition coefficient (Wildman–Crippen LogP) is 2.57. The monoisotopic (exact) mass is 399 g/mol. The molecule has 154 valence electrons. The standard InChI is InChI=1S/C20H25N5O4/c1-13-15(19(27)29-2)16(18(26)24-11-7-4-8-12-24)17(21)25(13)23-20(28)22-14-9-5-3-6-10-14/h3,5-6,9-10H,4,7-8,11-12,21H2,1-2H3,(H2,22,23,28). The van der Waals surface area contributed by atoms with Gasteiger partial charge in [-0.2, -0.15) is 0 Å². The number of nitrogens with one attached hydrogen (secondary N) is 2. The first-order chi connectivity index (χ1) is 13.9. The van der Waals surface area contributed by atoms with E-state index < -0.39 is 12.0 Å². The number of anilines is 2. The first-order valence-corrected chi connectivity index (χ1v) is 9.45. The van der Waals surface area contributed by atoms with Crippen LogP contribution in [0.25, 0.3) is 0 Å². The number of carbonyl (C=O) groups excluding carboxylic acids is 3. The zero-order valence-corrected chi connectivity index (χ0v) is 16.5. The number of para-hydroxylation sites is 1. The van der Waals surface area contributed by atoms with E-state index in [4.69, 9.17) is 10.5 Å². The lowest BCUT2D eigenvalue weighted by atomic mass is 10.1. The van der Waals surface area contributed by atoms with Crippen LogP contribution in [0.4, 0.5) is 16.3 Å². The minimum atomic E-state index is -0.682. The molecule has 29 heavy (non-hydrogen) atoms. The SMILES string of the molecule is COC(=O)c1c(C(=O)N2CCCCC2)c(N)n(NC(=O)Nc2ccccc2)c1C. The van der Waals surface area contributed by atoms with Gasteiger partial charge in [-0.25, -0.2) is 19.7 Å². The van der Waals surface area contributed by atoms with Gasteiger partial charge in [0, 0.05) is 18.8 Å². The molecule has 1 aliphatic rings. The maximum Gasteiger partial charge on any atom is 0.340 e. The number of amides is 3. The molecule has 4 N–H and O–H groups in total. The number of piperidine rings is 1. The normalized spacial score (nSPS) is 13.7. The highest BCUT2D eigenvalue weighted by Gasteiger charge is 2.32. The van der Waals surface area contributed by atoms with E-state index in [9.17, 15) is 14.4 Å². The van der Waals surface area contributed by atoms with Crippen LogP contribution in [0.15, 0.2) is 30.3 Å². The molecule has 3 rings (SSSR count). The fourth-order valence-corrected chi connectivity index (χ4v) is 3.46. The summed E-state index contributed by atoms with van der Waals surface area (Å²) in [6, 6.07) is 8.31. The van der Waals surface area contributed by atoms with E-state index in [1.54, 1.807) is 36.1 Å². The van der Waals surface area contributed by atoms with Gasteiger partial charge in [0.15, 0.2) is 0 Å². The molecule has 0 spiro atoms. The third-order valence-corrected chi connectivity index (χ3v) is 4.94. The molecule has 1 fully saturated rings. The molecular formula is C20H25N5O4. The highest BCUT2D eigenvalue weighted by Crippen LogP contribution is 2.27. The molecule has 2 aromatic rings. The number of hydrogen-bond donors (Lipinski definition) is 3. The van der Waals surface area contributed by atoms with Crippen LogP contribution >= 0.6 is 0 Å². The molecule has 0 aliphatic carbocycles. The third-order valence-electron chi connectivity index (χ3n) is 4.94. The Labute approximate surface area is 168 Å². The quantitative estimate of drug-likeness (QED) is 0.683. The summed E-state index contributed by atoms with van der Waals surface area (Å²) in [7, 11) is 1.24. The Morgan fingerprint density at radius 1 is 1.03 bits per heavy atom. The van der Waals surface area contributed by atoms with E-state index in [1.807, 2.05) is 6.07 Å². The minimum Gasteiger partial charge on any atom is -0.465 e. The Morgan fingerprint density at radius 3 is 2.31 bits per heavy atom. The van der Waals surface area contributed by atoms with Gasteiger partial charge in [-0.1, -0.05) is 18.2 Å². The second-order valence-electron chi connectivity index (χ2n) is 6.83. The fourth-order valence-electron chi connectivity index (χ4n) is 3.46. The van der Waals surface area contributed by atoms with Crippen molar-refractivity contribution in [2.45, 2.75) is 26.2 Å². The van der Waals surface area contributed by atoms with Gasteiger partial charge in [-0.05, 0) is 38.3 Å². The van der Waals surface area contributed by atoms with E-state index in [2.05, 4.69) is 10.7 Å². The zero-order valence-electron chi connectivity index (χ0n) is 16.5. The van der Waals surface area contributed by atoms with Gasteiger partial charge in [-0.15, -0.1) is 0 Å². The van der Waals surface area contributed by atoms with Gasteiger partial charge >= 0.3 is 12.0 Å². The third kappa shape index (κ3) is 4.18. The van der Waals surface area contributed by atoms with E-state index in [1.165, 1.54) is 11.8 Å². The summed E-state index contributed by atoms with van der Waals surface area (Å²) in [5, 5.41) is 2.67. The minimum absolute atomic E-state index is 0.0123. The molecular weight excluding hydrogens is 374 g/mol. The molecule has 0 atom stereocenters. The Balaban J connectivity index is 1.93. The average Bonchev–Trinajstić information content (AvgIpc) is 2.98. The van der Waals surface area contributed by atoms with E-state index >= 15 is 0 Å². The topological polar surface area (TPSA) is 119 Å². The van der Waals surface area contributed by atoms with Crippen molar-refractivity contribution in [2.75, 3.05) is 36.7 Å². The summed E-state index contributed by atoms with van der Waals surface area (Å²) in [4.78, 5) is 39.6. The van der Waals surface area contributed by atoms with Gasteiger partial charge in [0.2, 0.25) is 0 Å². The number of rotatable bonds is 4. The maximum absolute atomic E-state index is 13.1. The highest BCUT2D eigenvalue weighted by atomic mass is 16.5. The molecule has 0 bridgehead atoms. The lowest BCUT2D eigenvalue weighted by Crippen LogP contribution is -2.36. The first kappa shape index (κ1) is 20.2. The van der Waals surface area contributed by atoms with Crippen molar-refractivity contribution < 1.29 is 19.1 Å². The van der Waals surface area contributed by atoms with Crippen molar-refractivity contribution in [1.82, 2.24) is 9.58 Å². The summed E-state index contributed by atoms with van der Waals surface area (Å²) < 4.78 is 6.10. The molecule has 0 radical (unpaired) electrons. The van der Waals surface area contributed by atoms with Crippen LogP contribution in [-0.4, -0.2) is 47.7 Å².